The van der Waals surface area contributed by atoms with E-state index in [9.17, 15) is 18.8 Å². The number of amides is 1. The fourth-order valence-corrected chi connectivity index (χ4v) is 2.74. The van der Waals surface area contributed by atoms with Crippen LogP contribution in [0.1, 0.15) is 10.4 Å². The number of nitrogens with zero attached hydrogens (tertiary/aromatic N) is 1. The number of methoxy groups -OCH3 is 1. The Morgan fingerprint density at radius 2 is 1.89 bits per heavy atom. The predicted molar refractivity (Wildman–Crippen MR) is 99.3 cm³/mol. The first kappa shape index (κ1) is 19.1. The fourth-order valence-electron chi connectivity index (χ4n) is 2.74. The summed E-state index contributed by atoms with van der Waals surface area (Å²) in [5, 5.41) is 3.08. The third-order valence-corrected chi connectivity index (χ3v) is 3.97. The van der Waals surface area contributed by atoms with Crippen LogP contribution >= 0.6 is 0 Å². The Kier molecular flexibility index (Phi) is 5.69. The van der Waals surface area contributed by atoms with E-state index in [1.165, 1.54) is 31.5 Å². The van der Waals surface area contributed by atoms with E-state index in [4.69, 9.17) is 9.47 Å². The van der Waals surface area contributed by atoms with Gasteiger partial charge in [0.25, 0.3) is 5.91 Å². The summed E-state index contributed by atoms with van der Waals surface area (Å²) in [6, 6.07) is 12.4. The summed E-state index contributed by atoms with van der Waals surface area (Å²) in [5.74, 6) is -2.26. The minimum absolute atomic E-state index is 0.190. The number of fused-ring (bicyclic) bond motifs is 1. The van der Waals surface area contributed by atoms with Gasteiger partial charge in [-0.15, -0.1) is 0 Å². The molecule has 2 aromatic carbocycles. The van der Waals surface area contributed by atoms with E-state index >= 15 is 0 Å². The summed E-state index contributed by atoms with van der Waals surface area (Å²) in [5.41, 5.74) is 1.25. The summed E-state index contributed by atoms with van der Waals surface area (Å²) >= 11 is 0. The molecular weight excluding hydrogens is 367 g/mol. The number of ether oxygens (including phenoxy) is 2. The standard InChI is InChI=1S/C20H17FN2O5/c1-27-20(26)16-10-23(17-8-3-2-7-15(16)17)11-19(25)28-12-18(24)22-14-6-4-5-13(21)9-14/h2-10H,11-12H2,1H3,(H,22,24). The largest absolute Gasteiger partial charge is 0.465 e. The van der Waals surface area contributed by atoms with Gasteiger partial charge >= 0.3 is 11.9 Å². The van der Waals surface area contributed by atoms with Gasteiger partial charge < -0.3 is 19.4 Å². The van der Waals surface area contributed by atoms with Crippen molar-refractivity contribution in [1.29, 1.82) is 0 Å². The third-order valence-electron chi connectivity index (χ3n) is 3.97. The smallest absolute Gasteiger partial charge is 0.340 e. The molecule has 1 heterocycles. The van der Waals surface area contributed by atoms with E-state index in [0.717, 1.165) is 6.07 Å². The minimum Gasteiger partial charge on any atom is -0.465 e. The van der Waals surface area contributed by atoms with E-state index in [-0.39, 0.29) is 12.2 Å². The molecular formula is C20H17FN2O5. The van der Waals surface area contributed by atoms with Gasteiger partial charge in [0.2, 0.25) is 0 Å². The van der Waals surface area contributed by atoms with Gasteiger partial charge in [0.1, 0.15) is 12.4 Å². The molecule has 0 unspecified atom stereocenters. The van der Waals surface area contributed by atoms with Gasteiger partial charge in [-0.05, 0) is 24.3 Å². The van der Waals surface area contributed by atoms with E-state index < -0.39 is 30.3 Å². The van der Waals surface area contributed by atoms with Crippen LogP contribution in [0.25, 0.3) is 10.9 Å². The lowest BCUT2D eigenvalue weighted by Crippen LogP contribution is -2.22. The molecule has 0 aliphatic rings. The van der Waals surface area contributed by atoms with Crippen LogP contribution in [0.5, 0.6) is 0 Å². The van der Waals surface area contributed by atoms with Crippen molar-refractivity contribution in [1.82, 2.24) is 4.57 Å². The first-order chi connectivity index (χ1) is 13.5. The first-order valence-corrected chi connectivity index (χ1v) is 8.35. The number of nitrogens with one attached hydrogen (secondary N) is 1. The topological polar surface area (TPSA) is 86.6 Å². The molecule has 3 aromatic rings. The van der Waals surface area contributed by atoms with Gasteiger partial charge in [0.15, 0.2) is 6.61 Å². The quantitative estimate of drug-likeness (QED) is 0.661. The summed E-state index contributed by atoms with van der Waals surface area (Å²) in [7, 11) is 1.28. The number of esters is 2. The molecule has 1 N–H and O–H groups in total. The lowest BCUT2D eigenvalue weighted by Gasteiger charge is -2.08. The van der Waals surface area contributed by atoms with Crippen molar-refractivity contribution >= 4 is 34.4 Å². The van der Waals surface area contributed by atoms with Crippen LogP contribution in [-0.2, 0) is 25.6 Å². The van der Waals surface area contributed by atoms with Crippen LogP contribution in [-0.4, -0.2) is 36.1 Å². The summed E-state index contributed by atoms with van der Waals surface area (Å²) in [6.45, 7) is -0.705. The highest BCUT2D eigenvalue weighted by atomic mass is 19.1. The molecule has 0 saturated carbocycles. The average molecular weight is 384 g/mol. The highest BCUT2D eigenvalue weighted by Gasteiger charge is 2.17. The van der Waals surface area contributed by atoms with Gasteiger partial charge in [-0.2, -0.15) is 0 Å². The second kappa shape index (κ2) is 8.34. The Morgan fingerprint density at radius 3 is 2.64 bits per heavy atom. The first-order valence-electron chi connectivity index (χ1n) is 8.35. The van der Waals surface area contributed by atoms with Crippen molar-refractivity contribution in [3.8, 4) is 0 Å². The van der Waals surface area contributed by atoms with E-state index in [2.05, 4.69) is 5.32 Å². The van der Waals surface area contributed by atoms with Crippen LogP contribution < -0.4 is 5.32 Å². The van der Waals surface area contributed by atoms with Crippen LogP contribution in [0.2, 0.25) is 0 Å². The molecule has 144 valence electrons. The van der Waals surface area contributed by atoms with E-state index in [1.54, 1.807) is 28.8 Å². The number of rotatable bonds is 6. The summed E-state index contributed by atoms with van der Waals surface area (Å²) in [4.78, 5) is 35.9. The van der Waals surface area contributed by atoms with Crippen molar-refractivity contribution in [2.24, 2.45) is 0 Å². The fraction of sp³-hybridized carbons (Fsp3) is 0.150. The highest BCUT2D eigenvalue weighted by molar-refractivity contribution is 6.04. The van der Waals surface area contributed by atoms with Crippen LogP contribution in [0, 0.1) is 5.82 Å². The maximum atomic E-state index is 13.1. The molecule has 0 atom stereocenters. The van der Waals surface area contributed by atoms with E-state index in [0.29, 0.717) is 16.5 Å². The van der Waals surface area contributed by atoms with Crippen LogP contribution in [0.15, 0.2) is 54.7 Å². The average Bonchev–Trinajstić information content (AvgIpc) is 3.04. The zero-order valence-corrected chi connectivity index (χ0v) is 15.0. The number of anilines is 1. The Bertz CT molecular complexity index is 1040. The molecule has 28 heavy (non-hydrogen) atoms. The number of aromatic nitrogens is 1. The second-order valence-electron chi connectivity index (χ2n) is 5.90. The molecule has 0 aliphatic carbocycles. The summed E-state index contributed by atoms with van der Waals surface area (Å²) in [6.07, 6.45) is 1.50. The van der Waals surface area contributed by atoms with Gasteiger partial charge in [0, 0.05) is 22.8 Å². The maximum absolute atomic E-state index is 13.1. The Hall–Kier alpha value is -3.68. The number of hydrogen-bond donors (Lipinski definition) is 1. The van der Waals surface area contributed by atoms with Crippen molar-refractivity contribution < 1.29 is 28.2 Å². The molecule has 0 fully saturated rings. The minimum atomic E-state index is -0.661. The van der Waals surface area contributed by atoms with Crippen LogP contribution in [0.4, 0.5) is 10.1 Å². The van der Waals surface area contributed by atoms with Crippen molar-refractivity contribution in [3.63, 3.8) is 0 Å². The molecule has 0 radical (unpaired) electrons. The van der Waals surface area contributed by atoms with Crippen molar-refractivity contribution in [2.75, 3.05) is 19.0 Å². The highest BCUT2D eigenvalue weighted by Crippen LogP contribution is 2.22. The summed E-state index contributed by atoms with van der Waals surface area (Å²) < 4.78 is 24.4. The lowest BCUT2D eigenvalue weighted by molar-refractivity contribution is -0.147. The van der Waals surface area contributed by atoms with Crippen molar-refractivity contribution in [2.45, 2.75) is 6.54 Å². The van der Waals surface area contributed by atoms with Gasteiger partial charge in [-0.3, -0.25) is 9.59 Å². The zero-order chi connectivity index (χ0) is 20.1. The van der Waals surface area contributed by atoms with Crippen LogP contribution in [0.3, 0.4) is 0 Å². The second-order valence-corrected chi connectivity index (χ2v) is 5.90. The molecule has 1 amide bonds. The Morgan fingerprint density at radius 1 is 1.11 bits per heavy atom. The lowest BCUT2D eigenvalue weighted by atomic mass is 10.2. The Labute approximate surface area is 159 Å². The number of benzene rings is 2. The molecule has 0 spiro atoms. The monoisotopic (exact) mass is 384 g/mol. The number of para-hydroxylation sites is 1. The third kappa shape index (κ3) is 4.35. The zero-order valence-electron chi connectivity index (χ0n) is 15.0. The van der Waals surface area contributed by atoms with Gasteiger partial charge in [-0.25, -0.2) is 9.18 Å². The molecule has 0 aliphatic heterocycles. The number of carbonyl (C=O) groups is 3. The number of halogens is 1. The molecule has 3 rings (SSSR count). The Balaban J connectivity index is 1.63. The number of carbonyl (C=O) groups excluding carboxylic acids is 3. The van der Waals surface area contributed by atoms with Gasteiger partial charge in [-0.1, -0.05) is 24.3 Å². The molecule has 0 bridgehead atoms. The maximum Gasteiger partial charge on any atom is 0.340 e. The molecule has 8 heteroatoms. The normalized spacial score (nSPS) is 10.5. The molecule has 1 aromatic heterocycles. The predicted octanol–water partition coefficient (Wildman–Crippen LogP) is 2.75. The van der Waals surface area contributed by atoms with E-state index in [1.807, 2.05) is 0 Å². The number of hydrogen-bond acceptors (Lipinski definition) is 5. The molecule has 7 nitrogen and oxygen atoms in total. The SMILES string of the molecule is COC(=O)c1cn(CC(=O)OCC(=O)Nc2cccc(F)c2)c2ccccc12. The van der Waals surface area contributed by atoms with Gasteiger partial charge in [0.05, 0.1) is 12.7 Å². The molecule has 0 saturated heterocycles. The van der Waals surface area contributed by atoms with Crippen molar-refractivity contribution in [3.05, 3.63) is 66.1 Å².